The standard InChI is InChI=1S/C19H23N5O2/c1-5-9-23-18(20-21-22-23)12-26-19(25)17-11-14(3)24(15(17)4)16-8-6-7-13(2)10-16/h6-8,10-11H,5,9,12H2,1-4H3. The number of rotatable bonds is 6. The summed E-state index contributed by atoms with van der Waals surface area (Å²) in [5, 5.41) is 11.5. The van der Waals surface area contributed by atoms with Gasteiger partial charge in [-0.1, -0.05) is 19.1 Å². The molecule has 0 saturated carbocycles. The second-order valence-electron chi connectivity index (χ2n) is 6.35. The molecule has 0 unspecified atom stereocenters. The Morgan fingerprint density at radius 3 is 2.73 bits per heavy atom. The number of hydrogen-bond donors (Lipinski definition) is 0. The minimum atomic E-state index is -0.372. The highest BCUT2D eigenvalue weighted by Gasteiger charge is 2.19. The molecular formula is C19H23N5O2. The van der Waals surface area contributed by atoms with Crippen molar-refractivity contribution < 1.29 is 9.53 Å². The molecule has 0 fully saturated rings. The van der Waals surface area contributed by atoms with Gasteiger partial charge in [0.1, 0.15) is 0 Å². The van der Waals surface area contributed by atoms with Crippen LogP contribution in [-0.2, 0) is 17.9 Å². The van der Waals surface area contributed by atoms with Crippen molar-refractivity contribution in [1.29, 1.82) is 0 Å². The van der Waals surface area contributed by atoms with E-state index in [1.165, 1.54) is 5.56 Å². The van der Waals surface area contributed by atoms with E-state index in [-0.39, 0.29) is 12.6 Å². The maximum atomic E-state index is 12.6. The van der Waals surface area contributed by atoms with Gasteiger partial charge in [0.25, 0.3) is 0 Å². The summed E-state index contributed by atoms with van der Waals surface area (Å²) >= 11 is 0. The van der Waals surface area contributed by atoms with Crippen molar-refractivity contribution in [3.63, 3.8) is 0 Å². The summed E-state index contributed by atoms with van der Waals surface area (Å²) in [4.78, 5) is 12.6. The van der Waals surface area contributed by atoms with Gasteiger partial charge in [-0.15, -0.1) is 5.10 Å². The quantitative estimate of drug-likeness (QED) is 0.636. The molecule has 2 heterocycles. The number of nitrogens with zero attached hydrogens (tertiary/aromatic N) is 5. The van der Waals surface area contributed by atoms with Crippen LogP contribution in [0.1, 0.15) is 46.5 Å². The van der Waals surface area contributed by atoms with Crippen molar-refractivity contribution in [2.45, 2.75) is 47.3 Å². The lowest BCUT2D eigenvalue weighted by molar-refractivity contribution is 0.0455. The van der Waals surface area contributed by atoms with Gasteiger partial charge in [0.15, 0.2) is 12.4 Å². The van der Waals surface area contributed by atoms with E-state index in [9.17, 15) is 4.79 Å². The molecule has 3 aromatic rings. The van der Waals surface area contributed by atoms with Gasteiger partial charge < -0.3 is 9.30 Å². The number of carbonyl (C=O) groups is 1. The fourth-order valence-electron chi connectivity index (χ4n) is 3.05. The van der Waals surface area contributed by atoms with E-state index in [0.717, 1.165) is 23.5 Å². The van der Waals surface area contributed by atoms with Gasteiger partial charge in [-0.25, -0.2) is 9.48 Å². The normalized spacial score (nSPS) is 10.9. The van der Waals surface area contributed by atoms with Crippen LogP contribution in [-0.4, -0.2) is 30.7 Å². The zero-order valence-corrected chi connectivity index (χ0v) is 15.6. The fraction of sp³-hybridized carbons (Fsp3) is 0.368. The molecule has 136 valence electrons. The van der Waals surface area contributed by atoms with Crippen molar-refractivity contribution >= 4 is 5.97 Å². The molecule has 0 spiro atoms. The molecule has 26 heavy (non-hydrogen) atoms. The van der Waals surface area contributed by atoms with Gasteiger partial charge in [0, 0.05) is 23.6 Å². The first kappa shape index (κ1) is 17.8. The Hall–Kier alpha value is -2.96. The van der Waals surface area contributed by atoms with Crippen LogP contribution in [0, 0.1) is 20.8 Å². The highest BCUT2D eigenvalue weighted by atomic mass is 16.5. The van der Waals surface area contributed by atoms with Crippen LogP contribution in [0.5, 0.6) is 0 Å². The van der Waals surface area contributed by atoms with Crippen molar-refractivity contribution in [1.82, 2.24) is 24.8 Å². The summed E-state index contributed by atoms with van der Waals surface area (Å²) < 4.78 is 9.17. The van der Waals surface area contributed by atoms with Crippen molar-refractivity contribution in [2.75, 3.05) is 0 Å². The predicted molar refractivity (Wildman–Crippen MR) is 97.2 cm³/mol. The molecule has 0 bridgehead atoms. The van der Waals surface area contributed by atoms with E-state index in [2.05, 4.69) is 26.2 Å². The van der Waals surface area contributed by atoms with Crippen LogP contribution in [0.15, 0.2) is 30.3 Å². The Kier molecular flexibility index (Phi) is 5.16. The Bertz CT molecular complexity index is 926. The lowest BCUT2D eigenvalue weighted by atomic mass is 10.2. The van der Waals surface area contributed by atoms with Crippen LogP contribution in [0.2, 0.25) is 0 Å². The average Bonchev–Trinajstić information content (AvgIpc) is 3.17. The fourth-order valence-corrected chi connectivity index (χ4v) is 3.05. The first-order valence-corrected chi connectivity index (χ1v) is 8.69. The number of ether oxygens (including phenoxy) is 1. The number of esters is 1. The molecule has 0 aliphatic carbocycles. The average molecular weight is 353 g/mol. The van der Waals surface area contributed by atoms with Gasteiger partial charge in [-0.3, -0.25) is 0 Å². The van der Waals surface area contributed by atoms with Crippen molar-refractivity contribution in [3.05, 3.63) is 58.7 Å². The zero-order chi connectivity index (χ0) is 18.7. The SMILES string of the molecule is CCCn1nnnc1COC(=O)c1cc(C)n(-c2cccc(C)c2)c1C. The number of aryl methyl sites for hydroxylation is 3. The Balaban J connectivity index is 1.80. The monoisotopic (exact) mass is 353 g/mol. The molecule has 0 radical (unpaired) electrons. The summed E-state index contributed by atoms with van der Waals surface area (Å²) in [6, 6.07) is 10.0. The minimum absolute atomic E-state index is 0.0555. The number of aromatic nitrogens is 5. The second-order valence-corrected chi connectivity index (χ2v) is 6.35. The van der Waals surface area contributed by atoms with Crippen LogP contribution < -0.4 is 0 Å². The predicted octanol–water partition coefficient (Wildman–Crippen LogP) is 3.16. The molecule has 0 amide bonds. The zero-order valence-electron chi connectivity index (χ0n) is 15.6. The van der Waals surface area contributed by atoms with Gasteiger partial charge >= 0.3 is 5.97 Å². The largest absolute Gasteiger partial charge is 0.454 e. The lowest BCUT2D eigenvalue weighted by Gasteiger charge is -2.10. The number of tetrazole rings is 1. The highest BCUT2D eigenvalue weighted by Crippen LogP contribution is 2.22. The summed E-state index contributed by atoms with van der Waals surface area (Å²) in [6.07, 6.45) is 0.906. The van der Waals surface area contributed by atoms with E-state index in [1.54, 1.807) is 4.68 Å². The Morgan fingerprint density at radius 1 is 1.19 bits per heavy atom. The number of benzene rings is 1. The first-order chi connectivity index (χ1) is 12.5. The summed E-state index contributed by atoms with van der Waals surface area (Å²) in [5.74, 6) is 0.177. The smallest absolute Gasteiger partial charge is 0.340 e. The highest BCUT2D eigenvalue weighted by molar-refractivity contribution is 5.91. The molecule has 7 heteroatoms. The van der Waals surface area contributed by atoms with Crippen molar-refractivity contribution in [3.8, 4) is 5.69 Å². The Labute approximate surface area is 152 Å². The maximum absolute atomic E-state index is 12.6. The minimum Gasteiger partial charge on any atom is -0.454 e. The lowest BCUT2D eigenvalue weighted by Crippen LogP contribution is -2.11. The molecule has 0 saturated heterocycles. The molecule has 1 aromatic carbocycles. The third-order valence-electron chi connectivity index (χ3n) is 4.28. The topological polar surface area (TPSA) is 74.8 Å². The molecule has 3 rings (SSSR count). The number of hydrogen-bond acceptors (Lipinski definition) is 5. The molecule has 0 aliphatic rings. The second kappa shape index (κ2) is 7.51. The molecule has 2 aromatic heterocycles. The molecule has 7 nitrogen and oxygen atoms in total. The molecule has 0 atom stereocenters. The van der Waals surface area contributed by atoms with E-state index in [0.29, 0.717) is 17.9 Å². The van der Waals surface area contributed by atoms with Gasteiger partial charge in [0.05, 0.1) is 5.56 Å². The van der Waals surface area contributed by atoms with E-state index in [1.807, 2.05) is 52.0 Å². The van der Waals surface area contributed by atoms with Crippen LogP contribution >= 0.6 is 0 Å². The van der Waals surface area contributed by atoms with E-state index in [4.69, 9.17) is 4.74 Å². The van der Waals surface area contributed by atoms with Crippen LogP contribution in [0.4, 0.5) is 0 Å². The van der Waals surface area contributed by atoms with Crippen molar-refractivity contribution in [2.24, 2.45) is 0 Å². The molecule has 0 aliphatic heterocycles. The third-order valence-corrected chi connectivity index (χ3v) is 4.28. The summed E-state index contributed by atoms with van der Waals surface area (Å²) in [7, 11) is 0. The molecular weight excluding hydrogens is 330 g/mol. The van der Waals surface area contributed by atoms with Crippen LogP contribution in [0.3, 0.4) is 0 Å². The van der Waals surface area contributed by atoms with E-state index >= 15 is 0 Å². The summed E-state index contributed by atoms with van der Waals surface area (Å²) in [6.45, 7) is 8.74. The third kappa shape index (κ3) is 3.51. The van der Waals surface area contributed by atoms with Gasteiger partial charge in [0.2, 0.25) is 0 Å². The first-order valence-electron chi connectivity index (χ1n) is 8.69. The summed E-state index contributed by atoms with van der Waals surface area (Å²) in [5.41, 5.74) is 4.59. The number of carbonyl (C=O) groups excluding carboxylic acids is 1. The molecule has 0 N–H and O–H groups in total. The van der Waals surface area contributed by atoms with E-state index < -0.39 is 0 Å². The van der Waals surface area contributed by atoms with Crippen LogP contribution in [0.25, 0.3) is 5.69 Å². The Morgan fingerprint density at radius 2 is 2.00 bits per heavy atom. The van der Waals surface area contributed by atoms with Gasteiger partial charge in [-0.05, 0) is 61.4 Å². The maximum Gasteiger partial charge on any atom is 0.340 e. The van der Waals surface area contributed by atoms with Gasteiger partial charge in [-0.2, -0.15) is 0 Å².